The molecule has 1 aromatic heterocycles. The average Bonchev–Trinajstić information content (AvgIpc) is 2.81. The number of aryl methyl sites for hydroxylation is 2. The number of hydrogen-bond donors (Lipinski definition) is 1. The second-order valence-corrected chi connectivity index (χ2v) is 7.12. The minimum Gasteiger partial charge on any atom is -0.480 e. The first-order chi connectivity index (χ1) is 9.87. The molecule has 2 rings (SSSR count). The van der Waals surface area contributed by atoms with Gasteiger partial charge in [-0.05, 0) is 32.6 Å². The number of hydrogen-bond acceptors (Lipinski definition) is 4. The van der Waals surface area contributed by atoms with Gasteiger partial charge in [-0.15, -0.1) is 0 Å². The molecule has 0 aliphatic carbocycles. The van der Waals surface area contributed by atoms with E-state index >= 15 is 0 Å². The van der Waals surface area contributed by atoms with Gasteiger partial charge in [0.05, 0.1) is 0 Å². The minimum atomic E-state index is -3.86. The third-order valence-electron chi connectivity index (χ3n) is 3.73. The van der Waals surface area contributed by atoms with Gasteiger partial charge in [-0.1, -0.05) is 6.92 Å². The highest BCUT2D eigenvalue weighted by Gasteiger charge is 2.38. The maximum Gasteiger partial charge on any atom is 0.322 e. The predicted molar refractivity (Wildman–Crippen MR) is 76.4 cm³/mol. The molecule has 0 spiro atoms. The first kappa shape index (κ1) is 16.0. The fraction of sp³-hybridized carbons (Fsp3) is 0.692. The molecule has 8 heteroatoms. The second kappa shape index (κ2) is 6.15. The van der Waals surface area contributed by atoms with Crippen molar-refractivity contribution in [1.29, 1.82) is 0 Å². The molecule has 1 saturated heterocycles. The quantitative estimate of drug-likeness (QED) is 0.882. The Labute approximate surface area is 124 Å². The van der Waals surface area contributed by atoms with Gasteiger partial charge in [-0.25, -0.2) is 13.4 Å². The molecule has 1 aliphatic heterocycles. The highest BCUT2D eigenvalue weighted by molar-refractivity contribution is 7.89. The molecule has 118 valence electrons. The predicted octanol–water partition coefficient (Wildman–Crippen LogP) is 1.23. The van der Waals surface area contributed by atoms with Gasteiger partial charge in [0.2, 0.25) is 0 Å². The minimum absolute atomic E-state index is 0.0541. The molecule has 7 nitrogen and oxygen atoms in total. The molecule has 0 saturated carbocycles. The van der Waals surface area contributed by atoms with E-state index in [0.717, 1.165) is 17.1 Å². The number of piperidine rings is 1. The molecule has 1 N–H and O–H groups in total. The fourth-order valence-electron chi connectivity index (χ4n) is 2.63. The molecule has 0 aromatic carbocycles. The highest BCUT2D eigenvalue weighted by atomic mass is 32.2. The molecule has 1 aliphatic rings. The topological polar surface area (TPSA) is 92.5 Å². The van der Waals surface area contributed by atoms with E-state index in [-0.39, 0.29) is 11.6 Å². The zero-order valence-electron chi connectivity index (χ0n) is 12.3. The van der Waals surface area contributed by atoms with Gasteiger partial charge in [-0.2, -0.15) is 4.31 Å². The van der Waals surface area contributed by atoms with E-state index in [2.05, 4.69) is 4.98 Å². The number of sulfonamides is 1. The van der Waals surface area contributed by atoms with E-state index in [1.54, 1.807) is 11.5 Å². The van der Waals surface area contributed by atoms with Crippen molar-refractivity contribution in [3.05, 3.63) is 12.0 Å². The Morgan fingerprint density at radius 3 is 2.81 bits per heavy atom. The van der Waals surface area contributed by atoms with Crippen LogP contribution in [0.25, 0.3) is 0 Å². The zero-order valence-corrected chi connectivity index (χ0v) is 13.1. The maximum atomic E-state index is 12.7. The number of aromatic nitrogens is 2. The van der Waals surface area contributed by atoms with Crippen LogP contribution in [-0.4, -0.2) is 45.9 Å². The summed E-state index contributed by atoms with van der Waals surface area (Å²) in [4.78, 5) is 15.4. The third kappa shape index (κ3) is 3.11. The number of carbonyl (C=O) groups is 1. The summed E-state index contributed by atoms with van der Waals surface area (Å²) in [6, 6.07) is -0.986. The lowest BCUT2D eigenvalue weighted by Crippen LogP contribution is -2.47. The second-order valence-electron chi connectivity index (χ2n) is 5.29. The molecule has 0 amide bonds. The normalized spacial score (nSPS) is 20.6. The van der Waals surface area contributed by atoms with Crippen LogP contribution in [0, 0.1) is 6.92 Å². The van der Waals surface area contributed by atoms with Crippen LogP contribution in [-0.2, 0) is 21.4 Å². The number of aliphatic carboxylic acids is 1. The number of imidazole rings is 1. The van der Waals surface area contributed by atoms with Gasteiger partial charge >= 0.3 is 5.97 Å². The van der Waals surface area contributed by atoms with E-state index < -0.39 is 22.0 Å². The Morgan fingerprint density at radius 2 is 2.19 bits per heavy atom. The molecular formula is C13H21N3O4S. The van der Waals surface area contributed by atoms with Gasteiger partial charge in [0.15, 0.2) is 5.03 Å². The van der Waals surface area contributed by atoms with Crippen LogP contribution in [0.15, 0.2) is 11.2 Å². The molecule has 0 bridgehead atoms. The van der Waals surface area contributed by atoms with Crippen molar-refractivity contribution in [2.75, 3.05) is 6.54 Å². The standard InChI is InChI=1S/C13H21N3O4S/c1-3-7-15-9-12(14-10(15)2)21(19,20)16-8-5-4-6-11(16)13(17)18/h9,11H,3-8H2,1-2H3,(H,17,18)/t11-/m1/s1. The smallest absolute Gasteiger partial charge is 0.322 e. The molecule has 0 unspecified atom stereocenters. The van der Waals surface area contributed by atoms with Gasteiger partial charge in [0.1, 0.15) is 11.9 Å². The van der Waals surface area contributed by atoms with Crippen molar-refractivity contribution in [3.63, 3.8) is 0 Å². The molecule has 0 radical (unpaired) electrons. The summed E-state index contributed by atoms with van der Waals surface area (Å²) < 4.78 is 28.2. The Bertz CT molecular complexity index is 623. The monoisotopic (exact) mass is 315 g/mol. The summed E-state index contributed by atoms with van der Waals surface area (Å²) in [5.74, 6) is -0.470. The first-order valence-corrected chi connectivity index (χ1v) is 8.60. The van der Waals surface area contributed by atoms with E-state index in [1.165, 1.54) is 6.20 Å². The Hall–Kier alpha value is -1.41. The number of carboxylic acids is 1. The van der Waals surface area contributed by atoms with Gasteiger partial charge in [0.25, 0.3) is 10.0 Å². The van der Waals surface area contributed by atoms with Gasteiger partial charge in [0, 0.05) is 19.3 Å². The van der Waals surface area contributed by atoms with Crippen molar-refractivity contribution < 1.29 is 18.3 Å². The van der Waals surface area contributed by atoms with Crippen LogP contribution >= 0.6 is 0 Å². The van der Waals surface area contributed by atoms with E-state index in [4.69, 9.17) is 0 Å². The Kier molecular flexibility index (Phi) is 4.67. The van der Waals surface area contributed by atoms with Gasteiger partial charge in [-0.3, -0.25) is 4.79 Å². The number of carboxylic acid groups (broad SMARTS) is 1. The van der Waals surface area contributed by atoms with E-state index in [0.29, 0.717) is 25.2 Å². The molecule has 21 heavy (non-hydrogen) atoms. The van der Waals surface area contributed by atoms with Crippen molar-refractivity contribution in [2.45, 2.75) is 57.1 Å². The Morgan fingerprint density at radius 1 is 1.48 bits per heavy atom. The average molecular weight is 315 g/mol. The van der Waals surface area contributed by atoms with Crippen LogP contribution in [0.3, 0.4) is 0 Å². The SMILES string of the molecule is CCCn1cc(S(=O)(=O)N2CCCC[C@@H]2C(=O)O)nc1C. The molecule has 1 aromatic rings. The molecule has 1 atom stereocenters. The summed E-state index contributed by atoms with van der Waals surface area (Å²) >= 11 is 0. The summed E-state index contributed by atoms with van der Waals surface area (Å²) in [7, 11) is -3.86. The van der Waals surface area contributed by atoms with Crippen molar-refractivity contribution in [3.8, 4) is 0 Å². The third-order valence-corrected chi connectivity index (χ3v) is 5.51. The maximum absolute atomic E-state index is 12.7. The summed E-state index contributed by atoms with van der Waals surface area (Å²) in [5.41, 5.74) is 0. The van der Waals surface area contributed by atoms with Crippen molar-refractivity contribution >= 4 is 16.0 Å². The van der Waals surface area contributed by atoms with Crippen LogP contribution in [0.5, 0.6) is 0 Å². The lowest BCUT2D eigenvalue weighted by Gasteiger charge is -2.31. The van der Waals surface area contributed by atoms with E-state index in [1.807, 2.05) is 6.92 Å². The van der Waals surface area contributed by atoms with Crippen molar-refractivity contribution in [1.82, 2.24) is 13.9 Å². The zero-order chi connectivity index (χ0) is 15.6. The van der Waals surface area contributed by atoms with Crippen LogP contribution in [0.2, 0.25) is 0 Å². The molecule has 1 fully saturated rings. The van der Waals surface area contributed by atoms with Crippen LogP contribution in [0.1, 0.15) is 38.4 Å². The lowest BCUT2D eigenvalue weighted by molar-refractivity contribution is -0.142. The Balaban J connectivity index is 2.36. The largest absolute Gasteiger partial charge is 0.480 e. The first-order valence-electron chi connectivity index (χ1n) is 7.16. The van der Waals surface area contributed by atoms with Crippen LogP contribution in [0.4, 0.5) is 0 Å². The highest BCUT2D eigenvalue weighted by Crippen LogP contribution is 2.25. The van der Waals surface area contributed by atoms with E-state index in [9.17, 15) is 18.3 Å². The molecular weight excluding hydrogens is 294 g/mol. The number of rotatable bonds is 5. The number of nitrogens with zero attached hydrogens (tertiary/aromatic N) is 3. The fourth-order valence-corrected chi connectivity index (χ4v) is 4.28. The van der Waals surface area contributed by atoms with Gasteiger partial charge < -0.3 is 9.67 Å². The summed E-state index contributed by atoms with van der Waals surface area (Å²) in [6.45, 7) is 4.67. The summed E-state index contributed by atoms with van der Waals surface area (Å²) in [6.07, 6.45) is 4.13. The summed E-state index contributed by atoms with van der Waals surface area (Å²) in [5, 5.41) is 9.18. The lowest BCUT2D eigenvalue weighted by atomic mass is 10.1. The molecule has 2 heterocycles. The van der Waals surface area contributed by atoms with Crippen LogP contribution < -0.4 is 0 Å². The van der Waals surface area contributed by atoms with Crippen molar-refractivity contribution in [2.24, 2.45) is 0 Å².